The van der Waals surface area contributed by atoms with Crippen molar-refractivity contribution in [3.63, 3.8) is 0 Å². The highest BCUT2D eigenvalue weighted by atomic mass is 16.2. The summed E-state index contributed by atoms with van der Waals surface area (Å²) in [5.41, 5.74) is -0.524. The number of rotatable bonds is 8. The molecular formula is C16H32N2O2. The molecule has 20 heavy (non-hydrogen) atoms. The van der Waals surface area contributed by atoms with E-state index >= 15 is 0 Å². The molecule has 0 saturated heterocycles. The van der Waals surface area contributed by atoms with Gasteiger partial charge in [-0.3, -0.25) is 9.59 Å². The quantitative estimate of drug-likeness (QED) is 0.673. The summed E-state index contributed by atoms with van der Waals surface area (Å²) >= 11 is 0. The number of carbonyl (C=O) groups excluding carboxylic acids is 2. The van der Waals surface area contributed by atoms with Crippen LogP contribution in [0.1, 0.15) is 80.1 Å². The van der Waals surface area contributed by atoms with Crippen LogP contribution >= 0.6 is 0 Å². The predicted molar refractivity (Wildman–Crippen MR) is 83.5 cm³/mol. The maximum absolute atomic E-state index is 12.1. The van der Waals surface area contributed by atoms with Crippen molar-refractivity contribution in [1.82, 2.24) is 10.6 Å². The summed E-state index contributed by atoms with van der Waals surface area (Å²) in [6, 6.07) is 0. The fourth-order valence-corrected chi connectivity index (χ4v) is 2.63. The minimum Gasteiger partial charge on any atom is -0.342 e. The van der Waals surface area contributed by atoms with E-state index in [1.807, 2.05) is 41.5 Å². The molecule has 2 amide bonds. The fourth-order valence-electron chi connectivity index (χ4n) is 2.63. The van der Waals surface area contributed by atoms with Gasteiger partial charge in [-0.15, -0.1) is 0 Å². The van der Waals surface area contributed by atoms with Crippen LogP contribution < -0.4 is 10.6 Å². The molecule has 0 aliphatic heterocycles. The number of amides is 2. The van der Waals surface area contributed by atoms with Gasteiger partial charge < -0.3 is 10.6 Å². The fraction of sp³-hybridized carbons (Fsp3) is 0.875. The standard InChI is InChI=1S/C16H32N2O2/c1-7-15(8-2,9-3)17-13(19)14(20)18-16(10-4,11-5)12-6/h7-12H2,1-6H3,(H,17,19)(H,18,20). The summed E-state index contributed by atoms with van der Waals surface area (Å²) in [5.74, 6) is -1.01. The molecule has 0 aromatic carbocycles. The molecule has 0 aromatic rings. The van der Waals surface area contributed by atoms with E-state index in [9.17, 15) is 9.59 Å². The molecule has 0 spiro atoms. The normalized spacial score (nSPS) is 12.1. The Morgan fingerprint density at radius 1 is 0.600 bits per heavy atom. The first-order chi connectivity index (χ1) is 9.38. The molecule has 2 N–H and O–H groups in total. The average molecular weight is 284 g/mol. The maximum Gasteiger partial charge on any atom is 0.309 e. The van der Waals surface area contributed by atoms with Gasteiger partial charge in [0.2, 0.25) is 0 Å². The smallest absolute Gasteiger partial charge is 0.309 e. The molecule has 0 radical (unpaired) electrons. The number of carbonyl (C=O) groups is 2. The molecule has 0 saturated carbocycles. The Balaban J connectivity index is 4.83. The van der Waals surface area contributed by atoms with Gasteiger partial charge in [-0.2, -0.15) is 0 Å². The molecule has 0 heterocycles. The van der Waals surface area contributed by atoms with E-state index in [0.29, 0.717) is 0 Å². The van der Waals surface area contributed by atoms with Crippen LogP contribution in [0, 0.1) is 0 Å². The highest BCUT2D eigenvalue weighted by molar-refractivity contribution is 6.35. The SMILES string of the molecule is CCC(CC)(CC)NC(=O)C(=O)NC(CC)(CC)CC. The minimum absolute atomic E-state index is 0.262. The Morgan fingerprint density at radius 3 is 0.950 bits per heavy atom. The Hall–Kier alpha value is -1.06. The number of hydrogen-bond donors (Lipinski definition) is 2. The Morgan fingerprint density at radius 2 is 0.800 bits per heavy atom. The summed E-state index contributed by atoms with van der Waals surface area (Å²) < 4.78 is 0. The van der Waals surface area contributed by atoms with Gasteiger partial charge >= 0.3 is 11.8 Å². The van der Waals surface area contributed by atoms with E-state index in [1.165, 1.54) is 0 Å². The molecule has 0 unspecified atom stereocenters. The first kappa shape index (κ1) is 18.9. The molecular weight excluding hydrogens is 252 g/mol. The summed E-state index contributed by atoms with van der Waals surface area (Å²) in [4.78, 5) is 24.3. The molecule has 4 heteroatoms. The summed E-state index contributed by atoms with van der Waals surface area (Å²) in [6.45, 7) is 12.2. The van der Waals surface area contributed by atoms with Crippen LogP contribution in [0.25, 0.3) is 0 Å². The highest BCUT2D eigenvalue weighted by Gasteiger charge is 2.32. The monoisotopic (exact) mass is 284 g/mol. The third-order valence-electron chi connectivity index (χ3n) is 5.02. The van der Waals surface area contributed by atoms with Gasteiger partial charge in [0.15, 0.2) is 0 Å². The molecule has 118 valence electrons. The van der Waals surface area contributed by atoms with E-state index in [-0.39, 0.29) is 11.1 Å². The molecule has 4 nitrogen and oxygen atoms in total. The van der Waals surface area contributed by atoms with Crippen LogP contribution in [0.3, 0.4) is 0 Å². The number of hydrogen-bond acceptors (Lipinski definition) is 2. The van der Waals surface area contributed by atoms with E-state index in [0.717, 1.165) is 38.5 Å². The summed E-state index contributed by atoms with van der Waals surface area (Å²) in [7, 11) is 0. The van der Waals surface area contributed by atoms with Crippen molar-refractivity contribution in [3.8, 4) is 0 Å². The van der Waals surface area contributed by atoms with Crippen molar-refractivity contribution >= 4 is 11.8 Å². The van der Waals surface area contributed by atoms with Gasteiger partial charge in [0.25, 0.3) is 0 Å². The molecule has 0 rings (SSSR count). The molecule has 0 atom stereocenters. The minimum atomic E-state index is -0.504. The second kappa shape index (κ2) is 8.28. The van der Waals surface area contributed by atoms with Crippen molar-refractivity contribution in [2.75, 3.05) is 0 Å². The van der Waals surface area contributed by atoms with Gasteiger partial charge in [0.1, 0.15) is 0 Å². The molecule has 0 aliphatic carbocycles. The Kier molecular flexibility index (Phi) is 7.84. The first-order valence-corrected chi connectivity index (χ1v) is 8.02. The van der Waals surface area contributed by atoms with Gasteiger partial charge in [-0.05, 0) is 38.5 Å². The second-order valence-corrected chi connectivity index (χ2v) is 5.59. The largest absolute Gasteiger partial charge is 0.342 e. The zero-order valence-electron chi connectivity index (χ0n) is 14.1. The van der Waals surface area contributed by atoms with Crippen molar-refractivity contribution < 1.29 is 9.59 Å². The van der Waals surface area contributed by atoms with Crippen LogP contribution in [-0.2, 0) is 9.59 Å². The Bertz CT molecular complexity index is 270. The zero-order chi connectivity index (χ0) is 15.8. The lowest BCUT2D eigenvalue weighted by molar-refractivity contribution is -0.141. The molecule has 0 aliphatic rings. The predicted octanol–water partition coefficient (Wildman–Crippen LogP) is 3.16. The van der Waals surface area contributed by atoms with E-state index in [4.69, 9.17) is 0 Å². The zero-order valence-corrected chi connectivity index (χ0v) is 14.1. The van der Waals surface area contributed by atoms with Gasteiger partial charge in [-0.25, -0.2) is 0 Å². The van der Waals surface area contributed by atoms with Crippen molar-refractivity contribution in [1.29, 1.82) is 0 Å². The third-order valence-corrected chi connectivity index (χ3v) is 5.02. The molecule has 0 fully saturated rings. The topological polar surface area (TPSA) is 58.2 Å². The lowest BCUT2D eigenvalue weighted by Gasteiger charge is -2.34. The van der Waals surface area contributed by atoms with Gasteiger partial charge in [0.05, 0.1) is 0 Å². The highest BCUT2D eigenvalue weighted by Crippen LogP contribution is 2.21. The van der Waals surface area contributed by atoms with Crippen LogP contribution in [0.5, 0.6) is 0 Å². The molecule has 0 aromatic heterocycles. The Labute approximate surface area is 124 Å². The van der Waals surface area contributed by atoms with Crippen LogP contribution in [0.15, 0.2) is 0 Å². The lowest BCUT2D eigenvalue weighted by Crippen LogP contribution is -2.56. The van der Waals surface area contributed by atoms with Crippen LogP contribution in [0.4, 0.5) is 0 Å². The van der Waals surface area contributed by atoms with Gasteiger partial charge in [-0.1, -0.05) is 41.5 Å². The van der Waals surface area contributed by atoms with E-state index in [1.54, 1.807) is 0 Å². The average Bonchev–Trinajstić information content (AvgIpc) is 2.50. The van der Waals surface area contributed by atoms with Crippen LogP contribution in [0.2, 0.25) is 0 Å². The van der Waals surface area contributed by atoms with E-state index in [2.05, 4.69) is 10.6 Å². The van der Waals surface area contributed by atoms with E-state index < -0.39 is 11.8 Å². The first-order valence-electron chi connectivity index (χ1n) is 8.02. The molecule has 0 bridgehead atoms. The second-order valence-electron chi connectivity index (χ2n) is 5.59. The summed E-state index contributed by atoms with van der Waals surface area (Å²) in [6.07, 6.45) is 5.00. The van der Waals surface area contributed by atoms with Crippen LogP contribution in [-0.4, -0.2) is 22.9 Å². The lowest BCUT2D eigenvalue weighted by atomic mass is 9.89. The summed E-state index contributed by atoms with van der Waals surface area (Å²) in [5, 5.41) is 5.85. The van der Waals surface area contributed by atoms with Crippen molar-refractivity contribution in [3.05, 3.63) is 0 Å². The van der Waals surface area contributed by atoms with Gasteiger partial charge in [0, 0.05) is 11.1 Å². The number of nitrogens with one attached hydrogen (secondary N) is 2. The maximum atomic E-state index is 12.1. The van der Waals surface area contributed by atoms with Crippen molar-refractivity contribution in [2.45, 2.75) is 91.1 Å². The van der Waals surface area contributed by atoms with Crippen molar-refractivity contribution in [2.24, 2.45) is 0 Å². The third kappa shape index (κ3) is 4.50.